The minimum absolute atomic E-state index is 0.0712. The molecule has 1 aliphatic rings. The molecule has 1 heterocycles. The molecule has 1 aromatic rings. The maximum atomic E-state index is 11.9. The van der Waals surface area contributed by atoms with Gasteiger partial charge in [0.05, 0.1) is 0 Å². The van der Waals surface area contributed by atoms with Crippen molar-refractivity contribution in [3.8, 4) is 0 Å². The number of hydrogen-bond donors (Lipinski definition) is 2. The number of amides is 1. The van der Waals surface area contributed by atoms with Gasteiger partial charge in [0.1, 0.15) is 5.54 Å². The van der Waals surface area contributed by atoms with Crippen LogP contribution in [0.3, 0.4) is 0 Å². The fourth-order valence-electron chi connectivity index (χ4n) is 2.20. The molecule has 0 saturated carbocycles. The zero-order chi connectivity index (χ0) is 12.5. The normalized spacial score (nSPS) is 19.0. The lowest BCUT2D eigenvalue weighted by Crippen LogP contribution is -2.62. The number of nitrogens with two attached hydrogens (primary N) is 1. The Bertz CT molecular complexity index is 428. The highest BCUT2D eigenvalue weighted by Gasteiger charge is 2.37. The van der Waals surface area contributed by atoms with Gasteiger partial charge in [-0.1, -0.05) is 12.1 Å². The average molecular weight is 233 g/mol. The number of anilines is 1. The molecule has 1 aliphatic heterocycles. The molecule has 1 saturated heterocycles. The van der Waals surface area contributed by atoms with Gasteiger partial charge in [0.15, 0.2) is 0 Å². The lowest BCUT2D eigenvalue weighted by atomic mass is 9.97. The first-order valence-electron chi connectivity index (χ1n) is 5.90. The smallest absolute Gasteiger partial charge is 0.245 e. The molecule has 4 nitrogen and oxygen atoms in total. The zero-order valence-corrected chi connectivity index (χ0v) is 10.4. The summed E-state index contributed by atoms with van der Waals surface area (Å²) in [6.07, 6.45) is 0. The van der Waals surface area contributed by atoms with Crippen LogP contribution in [-0.2, 0) is 11.3 Å². The molecule has 1 fully saturated rings. The summed E-state index contributed by atoms with van der Waals surface area (Å²) in [7, 11) is 0. The van der Waals surface area contributed by atoms with E-state index < -0.39 is 5.54 Å². The lowest BCUT2D eigenvalue weighted by molar-refractivity contribution is -0.126. The molecule has 17 heavy (non-hydrogen) atoms. The Morgan fingerprint density at radius 1 is 1.47 bits per heavy atom. The molecular formula is C13H19N3O. The SMILES string of the molecule is CC1(C)C(=O)NCCN1c1cccc(CN)c1. The molecule has 1 aromatic carbocycles. The Kier molecular flexibility index (Phi) is 3.07. The summed E-state index contributed by atoms with van der Waals surface area (Å²) in [6, 6.07) is 8.07. The Morgan fingerprint density at radius 3 is 2.94 bits per heavy atom. The largest absolute Gasteiger partial charge is 0.356 e. The van der Waals surface area contributed by atoms with Crippen LogP contribution >= 0.6 is 0 Å². The zero-order valence-electron chi connectivity index (χ0n) is 10.4. The van der Waals surface area contributed by atoms with Crippen LogP contribution < -0.4 is 16.0 Å². The summed E-state index contributed by atoms with van der Waals surface area (Å²) in [5, 5.41) is 2.90. The predicted octanol–water partition coefficient (Wildman–Crippen LogP) is 0.860. The number of piperazine rings is 1. The number of carbonyl (C=O) groups is 1. The molecular weight excluding hydrogens is 214 g/mol. The minimum Gasteiger partial charge on any atom is -0.356 e. The van der Waals surface area contributed by atoms with Crippen molar-refractivity contribution >= 4 is 11.6 Å². The van der Waals surface area contributed by atoms with E-state index in [4.69, 9.17) is 5.73 Å². The molecule has 0 bridgehead atoms. The first-order chi connectivity index (χ1) is 8.05. The van der Waals surface area contributed by atoms with Crippen LogP contribution in [0.15, 0.2) is 24.3 Å². The molecule has 0 aromatic heterocycles. The highest BCUT2D eigenvalue weighted by Crippen LogP contribution is 2.26. The van der Waals surface area contributed by atoms with Crippen molar-refractivity contribution in [2.45, 2.75) is 25.9 Å². The van der Waals surface area contributed by atoms with Crippen molar-refractivity contribution in [1.29, 1.82) is 0 Å². The van der Waals surface area contributed by atoms with Crippen LogP contribution in [0.1, 0.15) is 19.4 Å². The first-order valence-corrected chi connectivity index (χ1v) is 5.90. The van der Waals surface area contributed by atoms with Gasteiger partial charge in [0.25, 0.3) is 0 Å². The van der Waals surface area contributed by atoms with Crippen LogP contribution in [-0.4, -0.2) is 24.5 Å². The summed E-state index contributed by atoms with van der Waals surface area (Å²) in [5.74, 6) is 0.0712. The third-order valence-electron chi connectivity index (χ3n) is 3.31. The molecule has 0 spiro atoms. The van der Waals surface area contributed by atoms with Gasteiger partial charge < -0.3 is 16.0 Å². The van der Waals surface area contributed by atoms with Crippen molar-refractivity contribution in [2.24, 2.45) is 5.73 Å². The highest BCUT2D eigenvalue weighted by molar-refractivity contribution is 5.90. The second-order valence-electron chi connectivity index (χ2n) is 4.84. The molecule has 0 unspecified atom stereocenters. The predicted molar refractivity (Wildman–Crippen MR) is 68.8 cm³/mol. The number of hydrogen-bond acceptors (Lipinski definition) is 3. The average Bonchev–Trinajstić information content (AvgIpc) is 2.32. The van der Waals surface area contributed by atoms with E-state index >= 15 is 0 Å². The van der Waals surface area contributed by atoms with E-state index in [1.165, 1.54) is 0 Å². The molecule has 1 amide bonds. The van der Waals surface area contributed by atoms with E-state index in [0.29, 0.717) is 13.1 Å². The fourth-order valence-corrected chi connectivity index (χ4v) is 2.20. The van der Waals surface area contributed by atoms with Gasteiger partial charge in [0, 0.05) is 25.3 Å². The fraction of sp³-hybridized carbons (Fsp3) is 0.462. The summed E-state index contributed by atoms with van der Waals surface area (Å²) >= 11 is 0. The van der Waals surface area contributed by atoms with Crippen LogP contribution in [0.25, 0.3) is 0 Å². The van der Waals surface area contributed by atoms with Crippen molar-refractivity contribution < 1.29 is 4.79 Å². The Labute approximate surface area is 102 Å². The third-order valence-corrected chi connectivity index (χ3v) is 3.31. The van der Waals surface area contributed by atoms with Gasteiger partial charge in [-0.25, -0.2) is 0 Å². The maximum Gasteiger partial charge on any atom is 0.245 e. The quantitative estimate of drug-likeness (QED) is 0.796. The summed E-state index contributed by atoms with van der Waals surface area (Å²) in [4.78, 5) is 14.0. The summed E-state index contributed by atoms with van der Waals surface area (Å²) in [6.45, 7) is 5.92. The second-order valence-corrected chi connectivity index (χ2v) is 4.84. The van der Waals surface area contributed by atoms with E-state index in [1.54, 1.807) is 0 Å². The van der Waals surface area contributed by atoms with Crippen LogP contribution in [0.4, 0.5) is 5.69 Å². The molecule has 92 valence electrons. The number of nitrogens with zero attached hydrogens (tertiary/aromatic N) is 1. The van der Waals surface area contributed by atoms with Gasteiger partial charge in [-0.3, -0.25) is 4.79 Å². The molecule has 0 atom stereocenters. The van der Waals surface area contributed by atoms with Gasteiger partial charge in [-0.05, 0) is 31.5 Å². The number of nitrogens with one attached hydrogen (secondary N) is 1. The minimum atomic E-state index is -0.508. The third kappa shape index (κ3) is 2.13. The number of carbonyl (C=O) groups excluding carboxylic acids is 1. The van der Waals surface area contributed by atoms with Gasteiger partial charge in [-0.15, -0.1) is 0 Å². The van der Waals surface area contributed by atoms with Crippen molar-refractivity contribution in [3.63, 3.8) is 0 Å². The van der Waals surface area contributed by atoms with E-state index in [2.05, 4.69) is 16.3 Å². The van der Waals surface area contributed by atoms with Crippen molar-refractivity contribution in [2.75, 3.05) is 18.0 Å². The van der Waals surface area contributed by atoms with Gasteiger partial charge in [0.2, 0.25) is 5.91 Å². The molecule has 0 aliphatic carbocycles. The van der Waals surface area contributed by atoms with Crippen molar-refractivity contribution in [1.82, 2.24) is 5.32 Å². The van der Waals surface area contributed by atoms with E-state index in [0.717, 1.165) is 17.8 Å². The number of rotatable bonds is 2. The van der Waals surface area contributed by atoms with E-state index in [9.17, 15) is 4.79 Å². The Balaban J connectivity index is 2.34. The van der Waals surface area contributed by atoms with Crippen molar-refractivity contribution in [3.05, 3.63) is 29.8 Å². The Hall–Kier alpha value is -1.55. The molecule has 2 rings (SSSR count). The van der Waals surface area contributed by atoms with Crippen LogP contribution in [0, 0.1) is 0 Å². The van der Waals surface area contributed by atoms with Gasteiger partial charge >= 0.3 is 0 Å². The summed E-state index contributed by atoms with van der Waals surface area (Å²) in [5.41, 5.74) is 7.29. The lowest BCUT2D eigenvalue weighted by Gasteiger charge is -2.43. The molecule has 0 radical (unpaired) electrons. The van der Waals surface area contributed by atoms with E-state index in [1.807, 2.05) is 32.0 Å². The number of benzene rings is 1. The first kappa shape index (κ1) is 11.9. The summed E-state index contributed by atoms with van der Waals surface area (Å²) < 4.78 is 0. The Morgan fingerprint density at radius 2 is 2.24 bits per heavy atom. The molecule has 4 heteroatoms. The van der Waals surface area contributed by atoms with E-state index in [-0.39, 0.29) is 5.91 Å². The van der Waals surface area contributed by atoms with Gasteiger partial charge in [-0.2, -0.15) is 0 Å². The van der Waals surface area contributed by atoms with Crippen LogP contribution in [0.2, 0.25) is 0 Å². The topological polar surface area (TPSA) is 58.4 Å². The maximum absolute atomic E-state index is 11.9. The standard InChI is InChI=1S/C13H19N3O/c1-13(2)12(17)15-6-7-16(13)11-5-3-4-10(8-11)9-14/h3-5,8H,6-7,9,14H2,1-2H3,(H,15,17). The van der Waals surface area contributed by atoms with Crippen LogP contribution in [0.5, 0.6) is 0 Å². The highest BCUT2D eigenvalue weighted by atomic mass is 16.2. The monoisotopic (exact) mass is 233 g/mol. The second kappa shape index (κ2) is 4.37. The molecule has 3 N–H and O–H groups in total.